The Bertz CT molecular complexity index is 818. The van der Waals surface area contributed by atoms with Crippen molar-refractivity contribution in [3.63, 3.8) is 0 Å². The zero-order valence-corrected chi connectivity index (χ0v) is 14.2. The zero-order chi connectivity index (χ0) is 18.9. The molecule has 0 atom stereocenters. The van der Waals surface area contributed by atoms with E-state index in [1.165, 1.54) is 6.92 Å². The number of ether oxygens (including phenoxy) is 1. The normalized spacial score (nSPS) is 9.88. The van der Waals surface area contributed by atoms with Crippen LogP contribution >= 0.6 is 0 Å². The highest BCUT2D eigenvalue weighted by Gasteiger charge is 2.13. The molecule has 0 saturated heterocycles. The highest BCUT2D eigenvalue weighted by Crippen LogP contribution is 2.15. The number of hydrogen-bond donors (Lipinski definition) is 2. The number of nitrogens with one attached hydrogen (secondary N) is 2. The second kappa shape index (κ2) is 9.12. The van der Waals surface area contributed by atoms with E-state index < -0.39 is 24.4 Å². The number of hydrogen-bond acceptors (Lipinski definition) is 5. The minimum Gasteiger partial charge on any atom is -0.454 e. The quantitative estimate of drug-likeness (QED) is 0.583. The average molecular weight is 354 g/mol. The van der Waals surface area contributed by atoms with Crippen LogP contribution in [0.15, 0.2) is 54.6 Å². The summed E-state index contributed by atoms with van der Waals surface area (Å²) in [6.07, 6.45) is 0. The summed E-state index contributed by atoms with van der Waals surface area (Å²) in [4.78, 5) is 46.8. The van der Waals surface area contributed by atoms with Crippen molar-refractivity contribution in [2.45, 2.75) is 6.92 Å². The number of para-hydroxylation sites is 1. The molecule has 0 radical (unpaired) electrons. The number of carbonyl (C=O) groups excluding carboxylic acids is 4. The Morgan fingerprint density at radius 1 is 0.923 bits per heavy atom. The third kappa shape index (κ3) is 5.55. The van der Waals surface area contributed by atoms with Gasteiger partial charge in [0.05, 0.1) is 5.69 Å². The molecule has 7 nitrogen and oxygen atoms in total. The number of rotatable bonds is 7. The molecule has 0 fully saturated rings. The van der Waals surface area contributed by atoms with E-state index in [1.54, 1.807) is 54.6 Å². The van der Waals surface area contributed by atoms with Gasteiger partial charge in [-0.25, -0.2) is 0 Å². The minimum absolute atomic E-state index is 0.193. The predicted octanol–water partition coefficient (Wildman–Crippen LogP) is 1.80. The molecule has 2 aromatic rings. The van der Waals surface area contributed by atoms with E-state index in [9.17, 15) is 19.2 Å². The van der Waals surface area contributed by atoms with Crippen molar-refractivity contribution in [1.82, 2.24) is 5.32 Å². The van der Waals surface area contributed by atoms with Crippen LogP contribution in [0.5, 0.6) is 0 Å². The highest BCUT2D eigenvalue weighted by atomic mass is 16.5. The van der Waals surface area contributed by atoms with Gasteiger partial charge in [0.1, 0.15) is 6.54 Å². The Morgan fingerprint density at radius 2 is 1.58 bits per heavy atom. The molecular formula is C19H18N2O5. The van der Waals surface area contributed by atoms with Gasteiger partial charge in [-0.3, -0.25) is 19.2 Å². The lowest BCUT2D eigenvalue weighted by Gasteiger charge is -2.10. The Morgan fingerprint density at radius 3 is 2.27 bits per heavy atom. The Hall–Kier alpha value is -3.48. The second-order valence-corrected chi connectivity index (χ2v) is 5.36. The standard InChI is InChI=1S/C19H18N2O5/c1-13(22)15-9-5-6-10-16(15)21-17(23)12-26-18(24)11-20-19(25)14-7-3-2-4-8-14/h2-10H,11-12H2,1H3,(H,20,25)(H,21,23). The third-order valence-corrected chi connectivity index (χ3v) is 3.37. The molecule has 2 rings (SSSR count). The number of benzene rings is 2. The van der Waals surface area contributed by atoms with Crippen LogP contribution in [0.2, 0.25) is 0 Å². The van der Waals surface area contributed by atoms with Gasteiger partial charge in [-0.1, -0.05) is 30.3 Å². The first-order valence-corrected chi connectivity index (χ1v) is 7.86. The van der Waals surface area contributed by atoms with Crippen molar-refractivity contribution in [3.8, 4) is 0 Å². The molecule has 0 aliphatic heterocycles. The lowest BCUT2D eigenvalue weighted by atomic mass is 10.1. The lowest BCUT2D eigenvalue weighted by molar-refractivity contribution is -0.146. The molecular weight excluding hydrogens is 336 g/mol. The van der Waals surface area contributed by atoms with Gasteiger partial charge < -0.3 is 15.4 Å². The Kier molecular flexibility index (Phi) is 6.61. The molecule has 0 aliphatic carbocycles. The van der Waals surface area contributed by atoms with Gasteiger partial charge in [-0.15, -0.1) is 0 Å². The number of carbonyl (C=O) groups is 4. The van der Waals surface area contributed by atoms with Crippen molar-refractivity contribution < 1.29 is 23.9 Å². The summed E-state index contributed by atoms with van der Waals surface area (Å²) in [5, 5.41) is 4.92. The largest absolute Gasteiger partial charge is 0.454 e. The molecule has 2 N–H and O–H groups in total. The smallest absolute Gasteiger partial charge is 0.325 e. The fourth-order valence-electron chi connectivity index (χ4n) is 2.13. The molecule has 2 amide bonds. The molecule has 134 valence electrons. The summed E-state index contributed by atoms with van der Waals surface area (Å²) in [5.74, 6) is -1.94. The van der Waals surface area contributed by atoms with Crippen LogP contribution in [0.25, 0.3) is 0 Å². The van der Waals surface area contributed by atoms with E-state index >= 15 is 0 Å². The van der Waals surface area contributed by atoms with Crippen molar-refractivity contribution in [2.24, 2.45) is 0 Å². The number of anilines is 1. The van der Waals surface area contributed by atoms with Gasteiger partial charge in [0, 0.05) is 11.1 Å². The molecule has 26 heavy (non-hydrogen) atoms. The summed E-state index contributed by atoms with van der Waals surface area (Å²) in [6.45, 7) is 0.512. The molecule has 2 aromatic carbocycles. The number of amides is 2. The van der Waals surface area contributed by atoms with E-state index in [2.05, 4.69) is 10.6 Å². The van der Waals surface area contributed by atoms with Crippen LogP contribution in [0.4, 0.5) is 5.69 Å². The Labute approximate surface area is 150 Å². The molecule has 0 aliphatic rings. The molecule has 0 unspecified atom stereocenters. The summed E-state index contributed by atoms with van der Waals surface area (Å²) in [5.41, 5.74) is 1.12. The number of esters is 1. The van der Waals surface area contributed by atoms with Crippen molar-refractivity contribution >= 4 is 29.3 Å². The van der Waals surface area contributed by atoms with Crippen LogP contribution < -0.4 is 10.6 Å². The number of Topliss-reactive ketones (excluding diaryl/α,β-unsaturated/α-hetero) is 1. The first-order chi connectivity index (χ1) is 12.5. The van der Waals surface area contributed by atoms with E-state index in [1.807, 2.05) is 0 Å². The minimum atomic E-state index is -0.746. The SMILES string of the molecule is CC(=O)c1ccccc1NC(=O)COC(=O)CNC(=O)c1ccccc1. The maximum Gasteiger partial charge on any atom is 0.325 e. The van der Waals surface area contributed by atoms with Crippen LogP contribution in [-0.4, -0.2) is 36.7 Å². The first-order valence-electron chi connectivity index (χ1n) is 7.86. The molecule has 0 heterocycles. The van der Waals surface area contributed by atoms with E-state index in [0.29, 0.717) is 16.8 Å². The maximum absolute atomic E-state index is 11.9. The zero-order valence-electron chi connectivity index (χ0n) is 14.2. The van der Waals surface area contributed by atoms with Gasteiger partial charge in [0.25, 0.3) is 11.8 Å². The molecule has 0 spiro atoms. The average Bonchev–Trinajstić information content (AvgIpc) is 2.65. The topological polar surface area (TPSA) is 102 Å². The van der Waals surface area contributed by atoms with Crippen LogP contribution in [0.3, 0.4) is 0 Å². The van der Waals surface area contributed by atoms with Crippen LogP contribution in [0, 0.1) is 0 Å². The van der Waals surface area contributed by atoms with E-state index in [4.69, 9.17) is 4.74 Å². The van der Waals surface area contributed by atoms with Crippen molar-refractivity contribution in [1.29, 1.82) is 0 Å². The van der Waals surface area contributed by atoms with Gasteiger partial charge >= 0.3 is 5.97 Å². The van der Waals surface area contributed by atoms with Gasteiger partial charge in [0.15, 0.2) is 12.4 Å². The molecule has 0 saturated carbocycles. The first kappa shape index (κ1) is 18.9. The van der Waals surface area contributed by atoms with Crippen molar-refractivity contribution in [2.75, 3.05) is 18.5 Å². The monoisotopic (exact) mass is 354 g/mol. The fourth-order valence-corrected chi connectivity index (χ4v) is 2.13. The van der Waals surface area contributed by atoms with E-state index in [0.717, 1.165) is 0 Å². The predicted molar refractivity (Wildman–Crippen MR) is 94.8 cm³/mol. The summed E-state index contributed by atoms with van der Waals surface area (Å²) < 4.78 is 4.81. The van der Waals surface area contributed by atoms with Gasteiger partial charge in [0.2, 0.25) is 0 Å². The fraction of sp³-hybridized carbons (Fsp3) is 0.158. The van der Waals surface area contributed by atoms with Gasteiger partial charge in [-0.2, -0.15) is 0 Å². The second-order valence-electron chi connectivity index (χ2n) is 5.36. The molecule has 0 aromatic heterocycles. The summed E-state index contributed by atoms with van der Waals surface area (Å²) >= 11 is 0. The van der Waals surface area contributed by atoms with E-state index in [-0.39, 0.29) is 12.3 Å². The molecule has 7 heteroatoms. The number of ketones is 1. The summed E-state index contributed by atoms with van der Waals surface area (Å²) in [7, 11) is 0. The van der Waals surface area contributed by atoms with Crippen molar-refractivity contribution in [3.05, 3.63) is 65.7 Å². The molecule has 0 bridgehead atoms. The van der Waals surface area contributed by atoms with Gasteiger partial charge in [-0.05, 0) is 31.2 Å². The Balaban J connectivity index is 1.78. The third-order valence-electron chi connectivity index (χ3n) is 3.37. The summed E-state index contributed by atoms with van der Waals surface area (Å²) in [6, 6.07) is 14.9. The lowest BCUT2D eigenvalue weighted by Crippen LogP contribution is -2.32. The maximum atomic E-state index is 11.9. The van der Waals surface area contributed by atoms with Crippen LogP contribution in [0.1, 0.15) is 27.6 Å². The highest BCUT2D eigenvalue weighted by molar-refractivity contribution is 6.04. The van der Waals surface area contributed by atoms with Crippen LogP contribution in [-0.2, 0) is 14.3 Å².